The first-order valence-electron chi connectivity index (χ1n) is 8.86. The Morgan fingerprint density at radius 2 is 1.93 bits per heavy atom. The number of tetrazole rings is 1. The van der Waals surface area contributed by atoms with E-state index in [0.29, 0.717) is 34.7 Å². The second-order valence-corrected chi connectivity index (χ2v) is 6.81. The molecule has 0 atom stereocenters. The fourth-order valence-corrected chi connectivity index (χ4v) is 3.33. The first-order chi connectivity index (χ1) is 14.7. The second kappa shape index (κ2) is 8.69. The van der Waals surface area contributed by atoms with E-state index in [-0.39, 0.29) is 11.6 Å². The molecule has 0 N–H and O–H groups in total. The minimum Gasteiger partial charge on any atom is -0.492 e. The highest BCUT2D eigenvalue weighted by Gasteiger charge is 2.16. The molecule has 0 radical (unpaired) electrons. The van der Waals surface area contributed by atoms with E-state index in [9.17, 15) is 10.1 Å². The largest absolute Gasteiger partial charge is 0.492 e. The molecule has 0 saturated carbocycles. The van der Waals surface area contributed by atoms with Crippen molar-refractivity contribution in [3.05, 3.63) is 64.5 Å². The van der Waals surface area contributed by atoms with Gasteiger partial charge in [0.1, 0.15) is 11.4 Å². The van der Waals surface area contributed by atoms with Crippen molar-refractivity contribution in [3.63, 3.8) is 0 Å². The number of ether oxygens (including phenoxy) is 1. The van der Waals surface area contributed by atoms with Gasteiger partial charge in [-0.1, -0.05) is 23.9 Å². The van der Waals surface area contributed by atoms with Crippen LogP contribution in [-0.2, 0) is 5.75 Å². The number of aromatic nitrogens is 6. The Balaban J connectivity index is 1.48. The summed E-state index contributed by atoms with van der Waals surface area (Å²) in [5.41, 5.74) is 1.32. The number of hydrogen-bond donors (Lipinski definition) is 0. The maximum Gasteiger partial charge on any atom is 0.269 e. The van der Waals surface area contributed by atoms with E-state index >= 15 is 0 Å². The van der Waals surface area contributed by atoms with Crippen LogP contribution in [0.15, 0.2) is 58.1 Å². The lowest BCUT2D eigenvalue weighted by atomic mass is 10.2. The first-order valence-corrected chi connectivity index (χ1v) is 9.85. The van der Waals surface area contributed by atoms with E-state index in [0.717, 1.165) is 5.69 Å². The van der Waals surface area contributed by atoms with Gasteiger partial charge >= 0.3 is 0 Å². The minimum absolute atomic E-state index is 0.00628. The summed E-state index contributed by atoms with van der Waals surface area (Å²) in [5, 5.41) is 31.2. The van der Waals surface area contributed by atoms with Gasteiger partial charge in [0.2, 0.25) is 16.9 Å². The minimum atomic E-state index is -0.465. The molecule has 11 nitrogen and oxygen atoms in total. The van der Waals surface area contributed by atoms with Crippen LogP contribution in [-0.4, -0.2) is 41.9 Å². The number of nitro groups is 1. The average Bonchev–Trinajstić information content (AvgIpc) is 3.42. The van der Waals surface area contributed by atoms with Crippen molar-refractivity contribution in [1.82, 2.24) is 30.4 Å². The highest BCUT2D eigenvalue weighted by molar-refractivity contribution is 7.98. The number of rotatable bonds is 8. The maximum atomic E-state index is 10.8. The number of para-hydroxylation sites is 2. The van der Waals surface area contributed by atoms with Crippen molar-refractivity contribution in [2.24, 2.45) is 0 Å². The van der Waals surface area contributed by atoms with Gasteiger partial charge in [-0.05, 0) is 41.6 Å². The number of thioether (sulfide) groups is 1. The first kappa shape index (κ1) is 19.5. The van der Waals surface area contributed by atoms with Crippen molar-refractivity contribution in [3.8, 4) is 22.9 Å². The summed E-state index contributed by atoms with van der Waals surface area (Å²) in [5.74, 6) is 1.67. The molecule has 0 aliphatic rings. The molecular formula is C18H15N7O4S. The van der Waals surface area contributed by atoms with Crippen LogP contribution in [0.2, 0.25) is 0 Å². The van der Waals surface area contributed by atoms with Gasteiger partial charge in [0.15, 0.2) is 0 Å². The SMILES string of the molecule is CCOc1ccccc1-n1nnnc1SCc1nnc(-c2ccc([N+](=O)[O-])cc2)o1. The summed E-state index contributed by atoms with van der Waals surface area (Å²) < 4.78 is 12.9. The van der Waals surface area contributed by atoms with Gasteiger partial charge in [-0.2, -0.15) is 4.68 Å². The molecule has 0 bridgehead atoms. The zero-order valence-electron chi connectivity index (χ0n) is 15.7. The van der Waals surface area contributed by atoms with E-state index in [1.165, 1.54) is 23.9 Å². The van der Waals surface area contributed by atoms with E-state index in [2.05, 4.69) is 25.7 Å². The van der Waals surface area contributed by atoms with Crippen molar-refractivity contribution >= 4 is 17.4 Å². The normalized spacial score (nSPS) is 10.8. The third kappa shape index (κ3) is 4.12. The monoisotopic (exact) mass is 425 g/mol. The number of hydrogen-bond acceptors (Lipinski definition) is 10. The molecule has 152 valence electrons. The van der Waals surface area contributed by atoms with Gasteiger partial charge in [0.25, 0.3) is 5.69 Å². The van der Waals surface area contributed by atoms with E-state index in [4.69, 9.17) is 9.15 Å². The molecule has 0 amide bonds. The highest BCUT2D eigenvalue weighted by atomic mass is 32.2. The molecule has 0 unspecified atom stereocenters. The van der Waals surface area contributed by atoms with Crippen LogP contribution >= 0.6 is 11.8 Å². The van der Waals surface area contributed by atoms with E-state index in [1.54, 1.807) is 16.8 Å². The summed E-state index contributed by atoms with van der Waals surface area (Å²) in [6, 6.07) is 13.4. The van der Waals surface area contributed by atoms with Crippen LogP contribution in [0.3, 0.4) is 0 Å². The van der Waals surface area contributed by atoms with Crippen molar-refractivity contribution in [2.75, 3.05) is 6.61 Å². The summed E-state index contributed by atoms with van der Waals surface area (Å²) in [6.45, 7) is 2.43. The Hall–Kier alpha value is -3.80. The fraction of sp³-hybridized carbons (Fsp3) is 0.167. The summed E-state index contributed by atoms with van der Waals surface area (Å²) >= 11 is 1.33. The number of nitrogens with zero attached hydrogens (tertiary/aromatic N) is 7. The predicted octanol–water partition coefficient (Wildman–Crippen LogP) is 3.31. The third-order valence-electron chi connectivity index (χ3n) is 3.95. The smallest absolute Gasteiger partial charge is 0.269 e. The molecular weight excluding hydrogens is 410 g/mol. The van der Waals surface area contributed by atoms with Crippen LogP contribution in [0.1, 0.15) is 12.8 Å². The van der Waals surface area contributed by atoms with Gasteiger partial charge in [-0.3, -0.25) is 10.1 Å². The molecule has 30 heavy (non-hydrogen) atoms. The molecule has 0 saturated heterocycles. The van der Waals surface area contributed by atoms with E-state index in [1.807, 2.05) is 31.2 Å². The van der Waals surface area contributed by atoms with E-state index < -0.39 is 4.92 Å². The van der Waals surface area contributed by atoms with Gasteiger partial charge < -0.3 is 9.15 Å². The Kier molecular flexibility index (Phi) is 5.66. The summed E-state index contributed by atoms with van der Waals surface area (Å²) in [7, 11) is 0. The lowest BCUT2D eigenvalue weighted by Crippen LogP contribution is -2.03. The van der Waals surface area contributed by atoms with Gasteiger partial charge in [0, 0.05) is 17.7 Å². The number of benzene rings is 2. The quantitative estimate of drug-likeness (QED) is 0.235. The Labute approximate surface area is 174 Å². The summed E-state index contributed by atoms with van der Waals surface area (Å²) in [6.07, 6.45) is 0. The molecule has 12 heteroatoms. The summed E-state index contributed by atoms with van der Waals surface area (Å²) in [4.78, 5) is 10.3. The maximum absolute atomic E-state index is 10.8. The van der Waals surface area contributed by atoms with Crippen molar-refractivity contribution < 1.29 is 14.1 Å². The van der Waals surface area contributed by atoms with Crippen LogP contribution in [0, 0.1) is 10.1 Å². The Morgan fingerprint density at radius 3 is 2.70 bits per heavy atom. The van der Waals surface area contributed by atoms with Crippen LogP contribution in [0.25, 0.3) is 17.1 Å². The van der Waals surface area contributed by atoms with Crippen molar-refractivity contribution in [2.45, 2.75) is 17.8 Å². The molecule has 0 aliphatic heterocycles. The van der Waals surface area contributed by atoms with Crippen molar-refractivity contribution in [1.29, 1.82) is 0 Å². The zero-order chi connectivity index (χ0) is 20.9. The van der Waals surface area contributed by atoms with Crippen LogP contribution in [0.4, 0.5) is 5.69 Å². The van der Waals surface area contributed by atoms with Gasteiger partial charge in [0.05, 0.1) is 17.3 Å². The lowest BCUT2D eigenvalue weighted by molar-refractivity contribution is -0.384. The molecule has 0 fully saturated rings. The second-order valence-electron chi connectivity index (χ2n) is 5.87. The predicted molar refractivity (Wildman–Crippen MR) is 106 cm³/mol. The fourth-order valence-electron chi connectivity index (χ4n) is 2.61. The number of non-ortho nitro benzene ring substituents is 1. The lowest BCUT2D eigenvalue weighted by Gasteiger charge is -2.10. The number of nitro benzene ring substituents is 1. The molecule has 2 heterocycles. The topological polar surface area (TPSA) is 135 Å². The average molecular weight is 425 g/mol. The van der Waals surface area contributed by atoms with Crippen LogP contribution < -0.4 is 4.74 Å². The van der Waals surface area contributed by atoms with Gasteiger partial charge in [-0.25, -0.2) is 0 Å². The molecule has 0 spiro atoms. The molecule has 4 rings (SSSR count). The highest BCUT2D eigenvalue weighted by Crippen LogP contribution is 2.28. The van der Waals surface area contributed by atoms with Gasteiger partial charge in [-0.15, -0.1) is 15.3 Å². The molecule has 2 aromatic heterocycles. The third-order valence-corrected chi connectivity index (χ3v) is 4.85. The molecule has 0 aliphatic carbocycles. The van der Waals surface area contributed by atoms with Crippen LogP contribution in [0.5, 0.6) is 5.75 Å². The Morgan fingerprint density at radius 1 is 1.13 bits per heavy atom. The Bertz CT molecular complexity index is 1160. The zero-order valence-corrected chi connectivity index (χ0v) is 16.5. The molecule has 4 aromatic rings. The molecule has 2 aromatic carbocycles. The standard InChI is InChI=1S/C18H15N7O4S/c1-2-28-15-6-4-3-5-14(15)24-18(21-22-23-24)30-11-16-19-20-17(29-16)12-7-9-13(10-8-12)25(26)27/h3-10H,2,11H2,1H3.